The van der Waals surface area contributed by atoms with Gasteiger partial charge in [-0.25, -0.2) is 14.4 Å². The number of carboxylic acids is 1. The van der Waals surface area contributed by atoms with Gasteiger partial charge in [0.1, 0.15) is 11.9 Å². The summed E-state index contributed by atoms with van der Waals surface area (Å²) in [5.74, 6) is -1.28. The second-order valence-corrected chi connectivity index (χ2v) is 9.29. The number of carboxylic acid groups (broad SMARTS) is 1. The zero-order chi connectivity index (χ0) is 27.3. The number of nitrogens with zero attached hydrogens (tertiary/aromatic N) is 2. The van der Waals surface area contributed by atoms with Crippen LogP contribution in [0.25, 0.3) is 22.3 Å². The van der Waals surface area contributed by atoms with Crippen molar-refractivity contribution in [3.8, 4) is 11.3 Å². The van der Waals surface area contributed by atoms with Crippen LogP contribution >= 0.6 is 11.6 Å². The highest BCUT2D eigenvalue weighted by molar-refractivity contribution is 6.30. The van der Waals surface area contributed by atoms with Gasteiger partial charge in [-0.3, -0.25) is 10.1 Å². The van der Waals surface area contributed by atoms with E-state index in [-0.39, 0.29) is 18.5 Å². The summed E-state index contributed by atoms with van der Waals surface area (Å²) in [5, 5.41) is 11.8. The third kappa shape index (κ3) is 7.05. The summed E-state index contributed by atoms with van der Waals surface area (Å²) < 4.78 is 54.8. The number of carbonyl (C=O) groups is 1. The lowest BCUT2D eigenvalue weighted by Crippen LogP contribution is -2.33. The van der Waals surface area contributed by atoms with E-state index in [0.717, 1.165) is 0 Å². The van der Waals surface area contributed by atoms with Crippen molar-refractivity contribution in [3.05, 3.63) is 94.4 Å². The molecule has 0 saturated carbocycles. The summed E-state index contributed by atoms with van der Waals surface area (Å²) in [5.41, 5.74) is 3.49. The summed E-state index contributed by atoms with van der Waals surface area (Å²) in [6.45, 7) is -0.0713. The third-order valence-electron chi connectivity index (χ3n) is 6.01. The number of halogens is 5. The van der Waals surface area contributed by atoms with E-state index in [1.165, 1.54) is 36.4 Å². The molecule has 1 heterocycles. The van der Waals surface area contributed by atoms with Crippen molar-refractivity contribution in [1.29, 1.82) is 0 Å². The van der Waals surface area contributed by atoms with Crippen molar-refractivity contribution in [2.75, 3.05) is 0 Å². The molecule has 1 unspecified atom stereocenters. The average molecular weight is 546 g/mol. The highest BCUT2D eigenvalue weighted by Gasteiger charge is 2.40. The lowest BCUT2D eigenvalue weighted by atomic mass is 10.0. The Morgan fingerprint density at radius 2 is 1.66 bits per heavy atom. The van der Waals surface area contributed by atoms with Gasteiger partial charge in [0.25, 0.3) is 0 Å². The topological polar surface area (TPSA) is 75.1 Å². The first kappa shape index (κ1) is 27.5. The normalized spacial score (nSPS) is 12.6. The molecular weight excluding hydrogens is 522 g/mol. The molecule has 0 fully saturated rings. The minimum absolute atomic E-state index is 0.0245. The maximum absolute atomic E-state index is 13.8. The molecule has 1 aromatic heterocycles. The fourth-order valence-electron chi connectivity index (χ4n) is 4.13. The van der Waals surface area contributed by atoms with Gasteiger partial charge >= 0.3 is 12.1 Å². The van der Waals surface area contributed by atoms with Crippen LogP contribution in [-0.4, -0.2) is 27.2 Å². The Morgan fingerprint density at radius 1 is 0.947 bits per heavy atom. The van der Waals surface area contributed by atoms with Crippen LogP contribution in [0.15, 0.2) is 66.7 Å². The highest BCUT2D eigenvalue weighted by atomic mass is 35.5. The number of hydrogen-bond donors (Lipinski definition) is 2. The molecular formula is C28H24ClF4N3O2. The largest absolute Gasteiger partial charge is 0.481 e. The molecule has 4 rings (SSSR count). The van der Waals surface area contributed by atoms with Crippen LogP contribution < -0.4 is 5.32 Å². The molecule has 1 atom stereocenters. The van der Waals surface area contributed by atoms with Gasteiger partial charge in [0.05, 0.1) is 22.4 Å². The minimum Gasteiger partial charge on any atom is -0.481 e. The number of aromatic nitrogens is 2. The number of hydrogen-bond acceptors (Lipinski definition) is 4. The summed E-state index contributed by atoms with van der Waals surface area (Å²) >= 11 is 5.83. The Balaban J connectivity index is 1.61. The van der Waals surface area contributed by atoms with Crippen LogP contribution in [0, 0.1) is 5.82 Å². The molecule has 4 aromatic rings. The predicted octanol–water partition coefficient (Wildman–Crippen LogP) is 7.28. The Kier molecular flexibility index (Phi) is 8.58. The van der Waals surface area contributed by atoms with Crippen molar-refractivity contribution in [1.82, 2.24) is 15.3 Å². The lowest BCUT2D eigenvalue weighted by molar-refractivity contribution is -0.158. The molecule has 0 spiro atoms. The van der Waals surface area contributed by atoms with E-state index in [1.54, 1.807) is 30.3 Å². The molecule has 38 heavy (non-hydrogen) atoms. The first-order chi connectivity index (χ1) is 18.1. The molecule has 0 bridgehead atoms. The van der Waals surface area contributed by atoms with Gasteiger partial charge in [0.15, 0.2) is 0 Å². The van der Waals surface area contributed by atoms with E-state index in [2.05, 4.69) is 5.32 Å². The Hall–Kier alpha value is -3.56. The lowest BCUT2D eigenvalue weighted by Gasteiger charge is -2.22. The smallest absolute Gasteiger partial charge is 0.407 e. The molecule has 2 N–H and O–H groups in total. The summed E-state index contributed by atoms with van der Waals surface area (Å²) in [6, 6.07) is 14.5. The number of nitrogens with one attached hydrogen (secondary N) is 1. The quantitative estimate of drug-likeness (QED) is 0.162. The average Bonchev–Trinajstić information content (AvgIpc) is 2.87. The Labute approximate surface area is 221 Å². The molecule has 0 aliphatic rings. The number of alkyl halides is 3. The highest BCUT2D eigenvalue weighted by Crippen LogP contribution is 2.33. The van der Waals surface area contributed by atoms with Crippen molar-refractivity contribution in [3.63, 3.8) is 0 Å². The first-order valence-electron chi connectivity index (χ1n) is 11.9. The van der Waals surface area contributed by atoms with Crippen LogP contribution in [0.4, 0.5) is 17.6 Å². The minimum atomic E-state index is -4.52. The van der Waals surface area contributed by atoms with Crippen molar-refractivity contribution in [2.45, 2.75) is 44.4 Å². The van der Waals surface area contributed by atoms with Crippen LogP contribution in [0.2, 0.25) is 5.02 Å². The monoisotopic (exact) mass is 545 g/mol. The second kappa shape index (κ2) is 11.9. The maximum Gasteiger partial charge on any atom is 0.407 e. The van der Waals surface area contributed by atoms with E-state index < -0.39 is 24.0 Å². The number of aliphatic carboxylic acids is 1. The molecule has 0 aliphatic carbocycles. The SMILES string of the molecule is O=C(O)CCCCc1nc2cc(CNC(c3ccc(Cl)cc3)C(F)(F)F)ccc2nc1-c1ccc(F)cc1. The Morgan fingerprint density at radius 3 is 2.32 bits per heavy atom. The van der Waals surface area contributed by atoms with E-state index >= 15 is 0 Å². The molecule has 0 radical (unpaired) electrons. The van der Waals surface area contributed by atoms with Crippen molar-refractivity contribution in [2.24, 2.45) is 0 Å². The van der Waals surface area contributed by atoms with Crippen molar-refractivity contribution >= 4 is 28.6 Å². The Bertz CT molecular complexity index is 1410. The molecule has 0 amide bonds. The maximum atomic E-state index is 13.8. The first-order valence-corrected chi connectivity index (χ1v) is 12.3. The molecule has 5 nitrogen and oxygen atoms in total. The zero-order valence-corrected chi connectivity index (χ0v) is 20.9. The summed E-state index contributed by atoms with van der Waals surface area (Å²) in [6.07, 6.45) is -3.05. The standard InChI is InChI=1S/C28H24ClF4N3O2/c29-20-10-6-19(7-11-20)27(28(31,32)33)34-16-17-5-14-22-24(15-17)35-23(3-1-2-4-25(37)38)26(36-22)18-8-12-21(30)13-9-18/h5-15,27,34H,1-4,16H2,(H,37,38). The fraction of sp³-hybridized carbons (Fsp3) is 0.250. The van der Waals surface area contributed by atoms with Gasteiger partial charge < -0.3 is 5.11 Å². The number of unbranched alkanes of at least 4 members (excludes halogenated alkanes) is 1. The molecule has 3 aromatic carbocycles. The van der Waals surface area contributed by atoms with Gasteiger partial charge in [-0.1, -0.05) is 29.8 Å². The fourth-order valence-corrected chi connectivity index (χ4v) is 4.25. The van der Waals surface area contributed by atoms with Crippen LogP contribution in [-0.2, 0) is 17.8 Å². The number of rotatable bonds is 10. The van der Waals surface area contributed by atoms with Crippen LogP contribution in [0.5, 0.6) is 0 Å². The van der Waals surface area contributed by atoms with Gasteiger partial charge in [0.2, 0.25) is 0 Å². The van der Waals surface area contributed by atoms with Gasteiger partial charge in [-0.15, -0.1) is 0 Å². The van der Waals surface area contributed by atoms with Gasteiger partial charge in [0, 0.05) is 23.6 Å². The van der Waals surface area contributed by atoms with Crippen molar-refractivity contribution < 1.29 is 27.5 Å². The van der Waals surface area contributed by atoms with E-state index in [9.17, 15) is 22.4 Å². The van der Waals surface area contributed by atoms with Gasteiger partial charge in [-0.2, -0.15) is 13.2 Å². The number of fused-ring (bicyclic) bond motifs is 1. The number of aryl methyl sites for hydroxylation is 1. The van der Waals surface area contributed by atoms with Crippen LogP contribution in [0.3, 0.4) is 0 Å². The molecule has 198 valence electrons. The molecule has 0 aliphatic heterocycles. The third-order valence-corrected chi connectivity index (χ3v) is 6.27. The van der Waals surface area contributed by atoms with Gasteiger partial charge in [-0.05, 0) is 78.9 Å². The van der Waals surface area contributed by atoms with Crippen LogP contribution in [0.1, 0.15) is 42.1 Å². The molecule has 0 saturated heterocycles. The van der Waals surface area contributed by atoms with E-state index in [0.29, 0.717) is 57.8 Å². The van der Waals surface area contributed by atoms with E-state index in [1.807, 2.05) is 0 Å². The summed E-state index contributed by atoms with van der Waals surface area (Å²) in [4.78, 5) is 20.3. The summed E-state index contributed by atoms with van der Waals surface area (Å²) in [7, 11) is 0. The van der Waals surface area contributed by atoms with E-state index in [4.69, 9.17) is 26.7 Å². The zero-order valence-electron chi connectivity index (χ0n) is 20.1. The molecule has 10 heteroatoms. The predicted molar refractivity (Wildman–Crippen MR) is 137 cm³/mol. The second-order valence-electron chi connectivity index (χ2n) is 8.86. The number of benzene rings is 3.